The molecule has 1 heterocycles. The van der Waals surface area contributed by atoms with Crippen molar-refractivity contribution < 1.29 is 27.4 Å². The van der Waals surface area contributed by atoms with E-state index < -0.39 is 28.9 Å². The van der Waals surface area contributed by atoms with E-state index in [0.717, 1.165) is 17.7 Å². The molecule has 1 aliphatic heterocycles. The van der Waals surface area contributed by atoms with Gasteiger partial charge in [-0.2, -0.15) is 0 Å². The SMILES string of the molecule is COc1cccc(C(CNC(=O)c2ccc(F)c(F)c2F)N2CCOCC2)c1. The molecular formula is C20H21F3N2O3. The number of methoxy groups -OCH3 is 1. The number of hydrogen-bond donors (Lipinski definition) is 1. The van der Waals surface area contributed by atoms with Gasteiger partial charge in [0.1, 0.15) is 5.75 Å². The monoisotopic (exact) mass is 394 g/mol. The van der Waals surface area contributed by atoms with Crippen molar-refractivity contribution in [3.63, 3.8) is 0 Å². The number of benzene rings is 2. The Hall–Kier alpha value is -2.58. The molecule has 0 saturated carbocycles. The molecule has 1 amide bonds. The van der Waals surface area contributed by atoms with Gasteiger partial charge in [-0.1, -0.05) is 12.1 Å². The Labute approximate surface area is 161 Å². The highest BCUT2D eigenvalue weighted by Crippen LogP contribution is 2.25. The van der Waals surface area contributed by atoms with Crippen molar-refractivity contribution in [1.29, 1.82) is 0 Å². The lowest BCUT2D eigenvalue weighted by Crippen LogP contribution is -2.44. The maximum absolute atomic E-state index is 13.9. The van der Waals surface area contributed by atoms with Crippen molar-refractivity contribution in [2.45, 2.75) is 6.04 Å². The van der Waals surface area contributed by atoms with Crippen LogP contribution in [-0.2, 0) is 4.74 Å². The Balaban J connectivity index is 1.79. The molecule has 150 valence electrons. The van der Waals surface area contributed by atoms with E-state index >= 15 is 0 Å². The van der Waals surface area contributed by atoms with E-state index in [-0.39, 0.29) is 12.6 Å². The van der Waals surface area contributed by atoms with Gasteiger partial charge in [0.2, 0.25) is 0 Å². The summed E-state index contributed by atoms with van der Waals surface area (Å²) in [6.45, 7) is 2.61. The third-order valence-corrected chi connectivity index (χ3v) is 4.70. The summed E-state index contributed by atoms with van der Waals surface area (Å²) < 4.78 is 51.1. The standard InChI is InChI=1S/C20H21F3N2O3/c1-27-14-4-2-3-13(11-14)17(25-7-9-28-10-8-25)12-24-20(26)15-5-6-16(21)19(23)18(15)22/h2-6,11,17H,7-10,12H2,1H3,(H,24,26). The highest BCUT2D eigenvalue weighted by molar-refractivity contribution is 5.94. The van der Waals surface area contributed by atoms with E-state index in [9.17, 15) is 18.0 Å². The Morgan fingerprint density at radius 1 is 1.18 bits per heavy atom. The first-order chi connectivity index (χ1) is 13.5. The Bertz CT molecular complexity index is 841. The average molecular weight is 394 g/mol. The average Bonchev–Trinajstić information content (AvgIpc) is 2.73. The van der Waals surface area contributed by atoms with Crippen molar-refractivity contribution in [3.05, 3.63) is 65.0 Å². The molecule has 0 aromatic heterocycles. The van der Waals surface area contributed by atoms with Crippen LogP contribution in [0.2, 0.25) is 0 Å². The van der Waals surface area contributed by atoms with E-state index in [1.54, 1.807) is 7.11 Å². The summed E-state index contributed by atoms with van der Waals surface area (Å²) in [5, 5.41) is 2.63. The van der Waals surface area contributed by atoms with Gasteiger partial charge in [-0.3, -0.25) is 9.69 Å². The molecular weight excluding hydrogens is 373 g/mol. The van der Waals surface area contributed by atoms with Crippen molar-refractivity contribution in [1.82, 2.24) is 10.2 Å². The number of morpholine rings is 1. The minimum Gasteiger partial charge on any atom is -0.497 e. The maximum atomic E-state index is 13.9. The van der Waals surface area contributed by atoms with Crippen LogP contribution in [0.4, 0.5) is 13.2 Å². The van der Waals surface area contributed by atoms with Crippen LogP contribution in [0.3, 0.4) is 0 Å². The second kappa shape index (κ2) is 9.07. The molecule has 1 N–H and O–H groups in total. The maximum Gasteiger partial charge on any atom is 0.254 e. The molecule has 1 unspecified atom stereocenters. The van der Waals surface area contributed by atoms with Crippen LogP contribution in [-0.4, -0.2) is 50.8 Å². The second-order valence-electron chi connectivity index (χ2n) is 6.37. The molecule has 28 heavy (non-hydrogen) atoms. The molecule has 1 aliphatic rings. The number of halogens is 3. The van der Waals surface area contributed by atoms with E-state index in [4.69, 9.17) is 9.47 Å². The van der Waals surface area contributed by atoms with Gasteiger partial charge in [0.15, 0.2) is 17.5 Å². The van der Waals surface area contributed by atoms with E-state index in [0.29, 0.717) is 32.1 Å². The lowest BCUT2D eigenvalue weighted by molar-refractivity contribution is 0.0162. The fraction of sp³-hybridized carbons (Fsp3) is 0.350. The summed E-state index contributed by atoms with van der Waals surface area (Å²) in [7, 11) is 1.57. The van der Waals surface area contributed by atoms with Crippen molar-refractivity contribution >= 4 is 5.91 Å². The third kappa shape index (κ3) is 4.45. The van der Waals surface area contributed by atoms with Gasteiger partial charge in [-0.25, -0.2) is 13.2 Å². The zero-order valence-corrected chi connectivity index (χ0v) is 15.4. The van der Waals surface area contributed by atoms with E-state index in [2.05, 4.69) is 10.2 Å². The van der Waals surface area contributed by atoms with Gasteiger partial charge >= 0.3 is 0 Å². The predicted octanol–water partition coefficient (Wildman–Crippen LogP) is 2.92. The van der Waals surface area contributed by atoms with Crippen LogP contribution in [0.15, 0.2) is 36.4 Å². The molecule has 0 spiro atoms. The summed E-state index contributed by atoms with van der Waals surface area (Å²) in [4.78, 5) is 14.5. The number of amides is 1. The van der Waals surface area contributed by atoms with Gasteiger partial charge in [0.25, 0.3) is 5.91 Å². The van der Waals surface area contributed by atoms with Crippen molar-refractivity contribution in [2.75, 3.05) is 40.0 Å². The van der Waals surface area contributed by atoms with E-state index in [1.807, 2.05) is 24.3 Å². The van der Waals surface area contributed by atoms with Crippen LogP contribution < -0.4 is 10.1 Å². The van der Waals surface area contributed by atoms with Gasteiger partial charge in [0, 0.05) is 19.6 Å². The fourth-order valence-electron chi connectivity index (χ4n) is 3.18. The van der Waals surface area contributed by atoms with Crippen molar-refractivity contribution in [2.24, 2.45) is 0 Å². The highest BCUT2D eigenvalue weighted by Gasteiger charge is 2.25. The summed E-state index contributed by atoms with van der Waals surface area (Å²) in [6, 6.07) is 8.88. The Morgan fingerprint density at radius 2 is 1.93 bits per heavy atom. The topological polar surface area (TPSA) is 50.8 Å². The molecule has 1 atom stereocenters. The van der Waals surface area contributed by atoms with Gasteiger partial charge in [-0.05, 0) is 29.8 Å². The highest BCUT2D eigenvalue weighted by atomic mass is 19.2. The lowest BCUT2D eigenvalue weighted by Gasteiger charge is -2.35. The molecule has 1 saturated heterocycles. The smallest absolute Gasteiger partial charge is 0.254 e. The molecule has 0 bridgehead atoms. The number of ether oxygens (including phenoxy) is 2. The number of nitrogens with one attached hydrogen (secondary N) is 1. The fourth-order valence-corrected chi connectivity index (χ4v) is 3.18. The number of carbonyl (C=O) groups is 1. The Morgan fingerprint density at radius 3 is 2.64 bits per heavy atom. The molecule has 5 nitrogen and oxygen atoms in total. The van der Waals surface area contributed by atoms with Crippen LogP contribution in [0.5, 0.6) is 5.75 Å². The van der Waals surface area contributed by atoms with Crippen LogP contribution in [0, 0.1) is 17.5 Å². The zero-order chi connectivity index (χ0) is 20.1. The molecule has 0 radical (unpaired) electrons. The summed E-state index contributed by atoms with van der Waals surface area (Å²) in [6.07, 6.45) is 0. The van der Waals surface area contributed by atoms with Crippen LogP contribution in [0.1, 0.15) is 22.0 Å². The largest absolute Gasteiger partial charge is 0.497 e. The number of nitrogens with zero attached hydrogens (tertiary/aromatic N) is 1. The van der Waals surface area contributed by atoms with Gasteiger partial charge in [-0.15, -0.1) is 0 Å². The molecule has 2 aromatic carbocycles. The first-order valence-electron chi connectivity index (χ1n) is 8.88. The minimum atomic E-state index is -1.66. The second-order valence-corrected chi connectivity index (χ2v) is 6.37. The van der Waals surface area contributed by atoms with Gasteiger partial charge in [0.05, 0.1) is 31.9 Å². The molecule has 1 fully saturated rings. The quantitative estimate of drug-likeness (QED) is 0.766. The van der Waals surface area contributed by atoms with E-state index in [1.165, 1.54) is 0 Å². The molecule has 0 aliphatic carbocycles. The summed E-state index contributed by atoms with van der Waals surface area (Å²) >= 11 is 0. The number of rotatable bonds is 6. The lowest BCUT2D eigenvalue weighted by atomic mass is 10.0. The molecule has 3 rings (SSSR count). The summed E-state index contributed by atoms with van der Waals surface area (Å²) in [5.41, 5.74) is 0.373. The van der Waals surface area contributed by atoms with Crippen LogP contribution in [0.25, 0.3) is 0 Å². The first kappa shape index (κ1) is 20.2. The zero-order valence-electron chi connectivity index (χ0n) is 15.4. The summed E-state index contributed by atoms with van der Waals surface area (Å²) in [5.74, 6) is -4.63. The minimum absolute atomic E-state index is 0.157. The predicted molar refractivity (Wildman–Crippen MR) is 96.8 cm³/mol. The third-order valence-electron chi connectivity index (χ3n) is 4.70. The van der Waals surface area contributed by atoms with Crippen LogP contribution >= 0.6 is 0 Å². The number of hydrogen-bond acceptors (Lipinski definition) is 4. The normalized spacial score (nSPS) is 15.9. The Kier molecular flexibility index (Phi) is 6.53. The molecule has 8 heteroatoms. The first-order valence-corrected chi connectivity index (χ1v) is 8.88. The van der Waals surface area contributed by atoms with Gasteiger partial charge < -0.3 is 14.8 Å². The number of carbonyl (C=O) groups excluding carboxylic acids is 1. The molecule has 2 aromatic rings. The van der Waals surface area contributed by atoms with Crippen molar-refractivity contribution in [3.8, 4) is 5.75 Å².